The van der Waals surface area contributed by atoms with Crippen molar-refractivity contribution in [2.75, 3.05) is 4.90 Å². The Bertz CT molecular complexity index is 3230. The first kappa shape index (κ1) is 20.6. The smallest absolute Gasteiger partial charge is 0.143 e. The Labute approximate surface area is 294 Å². The topological polar surface area (TPSA) is 29.5 Å². The van der Waals surface area contributed by atoms with Gasteiger partial charge in [-0.25, -0.2) is 0 Å². The minimum atomic E-state index is -0.509. The molecule has 0 aliphatic rings. The molecule has 0 radical (unpaired) electrons. The number of fused-ring (bicyclic) bond motifs is 9. The number of anilines is 3. The van der Waals surface area contributed by atoms with E-state index in [1.807, 2.05) is 97.1 Å². The van der Waals surface area contributed by atoms with Crippen LogP contribution in [0.3, 0.4) is 0 Å². The lowest BCUT2D eigenvalue weighted by Crippen LogP contribution is -2.09. The highest BCUT2D eigenvalue weighted by molar-refractivity contribution is 6.28. The zero-order valence-electron chi connectivity index (χ0n) is 33.9. The SMILES string of the molecule is [2H]c1c([2H])c([2H])c2c(c1[2H])c1oc(-c3ccc4c(c3)oc3cc(N(c5ccccc5)c5ccccc5)ccc34)c(-c3ccccc3)c1c1c([2H])c([2H])c([2H])c([2H])c21. The molecule has 3 nitrogen and oxygen atoms in total. The normalized spacial score (nSPS) is 14.0. The van der Waals surface area contributed by atoms with E-state index in [0.717, 1.165) is 27.8 Å². The van der Waals surface area contributed by atoms with Crippen molar-refractivity contribution in [2.45, 2.75) is 0 Å². The van der Waals surface area contributed by atoms with E-state index >= 15 is 0 Å². The highest BCUT2D eigenvalue weighted by atomic mass is 16.3. The second-order valence-corrected chi connectivity index (χ2v) is 11.9. The molecular formula is C46H29NO2. The fourth-order valence-corrected chi connectivity index (χ4v) is 6.93. The van der Waals surface area contributed by atoms with Crippen LogP contribution in [0.15, 0.2) is 185 Å². The van der Waals surface area contributed by atoms with Crippen LogP contribution in [-0.2, 0) is 0 Å². The van der Waals surface area contributed by atoms with Gasteiger partial charge in [-0.2, -0.15) is 0 Å². The molecule has 49 heavy (non-hydrogen) atoms. The molecule has 0 saturated carbocycles. The Hall–Kier alpha value is -6.58. The van der Waals surface area contributed by atoms with Crippen LogP contribution in [0.2, 0.25) is 0 Å². The van der Waals surface area contributed by atoms with E-state index in [4.69, 9.17) is 19.8 Å². The summed E-state index contributed by atoms with van der Waals surface area (Å²) < 4.78 is 83.9. The Balaban J connectivity index is 1.27. The van der Waals surface area contributed by atoms with Gasteiger partial charge in [-0.15, -0.1) is 0 Å². The van der Waals surface area contributed by atoms with Crippen molar-refractivity contribution in [2.24, 2.45) is 0 Å². The minimum Gasteiger partial charge on any atom is -0.456 e. The van der Waals surface area contributed by atoms with E-state index in [2.05, 4.69) is 35.2 Å². The third kappa shape index (κ3) is 4.37. The molecule has 0 atom stereocenters. The fraction of sp³-hybridized carbons (Fsp3) is 0. The van der Waals surface area contributed by atoms with Crippen LogP contribution in [0.1, 0.15) is 11.0 Å². The van der Waals surface area contributed by atoms with Crippen LogP contribution in [0.4, 0.5) is 17.1 Å². The largest absolute Gasteiger partial charge is 0.456 e. The van der Waals surface area contributed by atoms with Crippen LogP contribution in [0, 0.1) is 0 Å². The van der Waals surface area contributed by atoms with E-state index in [0.29, 0.717) is 39.0 Å². The summed E-state index contributed by atoms with van der Waals surface area (Å²) in [5.74, 6) is 0.354. The Kier molecular flexibility index (Phi) is 4.63. The van der Waals surface area contributed by atoms with Gasteiger partial charge in [0.05, 0.1) is 11.0 Å². The average molecular weight is 636 g/mol. The maximum atomic E-state index is 9.16. The van der Waals surface area contributed by atoms with E-state index < -0.39 is 36.3 Å². The first-order chi connectivity index (χ1) is 27.6. The molecule has 0 aliphatic carbocycles. The van der Waals surface area contributed by atoms with Gasteiger partial charge in [0.2, 0.25) is 0 Å². The molecule has 2 aromatic heterocycles. The summed E-state index contributed by atoms with van der Waals surface area (Å²) in [5, 5.41) is 2.24. The van der Waals surface area contributed by atoms with Crippen molar-refractivity contribution in [3.05, 3.63) is 176 Å². The van der Waals surface area contributed by atoms with Gasteiger partial charge < -0.3 is 13.7 Å². The molecule has 230 valence electrons. The Morgan fingerprint density at radius 1 is 0.429 bits per heavy atom. The second-order valence-electron chi connectivity index (χ2n) is 11.9. The monoisotopic (exact) mass is 635 g/mol. The van der Waals surface area contributed by atoms with Gasteiger partial charge in [0.15, 0.2) is 0 Å². The molecule has 0 unspecified atom stereocenters. The van der Waals surface area contributed by atoms with Crippen molar-refractivity contribution < 1.29 is 19.8 Å². The van der Waals surface area contributed by atoms with Gasteiger partial charge in [0.25, 0.3) is 0 Å². The lowest BCUT2D eigenvalue weighted by atomic mass is 9.92. The number of para-hydroxylation sites is 2. The van der Waals surface area contributed by atoms with Gasteiger partial charge in [-0.05, 0) is 70.3 Å². The molecule has 10 aromatic rings. The van der Waals surface area contributed by atoms with Crippen molar-refractivity contribution in [3.8, 4) is 22.5 Å². The molecule has 0 bridgehead atoms. The second kappa shape index (κ2) is 11.0. The van der Waals surface area contributed by atoms with E-state index in [-0.39, 0.29) is 39.2 Å². The number of benzene rings is 8. The summed E-state index contributed by atoms with van der Waals surface area (Å²) in [6, 6.07) is 38.0. The van der Waals surface area contributed by atoms with Crippen molar-refractivity contribution in [3.63, 3.8) is 0 Å². The Morgan fingerprint density at radius 2 is 0.980 bits per heavy atom. The predicted octanol–water partition coefficient (Wildman–Crippen LogP) is 13.4. The predicted molar refractivity (Wildman–Crippen MR) is 204 cm³/mol. The zero-order chi connectivity index (χ0) is 39.3. The summed E-state index contributed by atoms with van der Waals surface area (Å²) in [7, 11) is 0. The minimum absolute atomic E-state index is 0.00335. The third-order valence-electron chi connectivity index (χ3n) is 9.08. The van der Waals surface area contributed by atoms with Crippen molar-refractivity contribution >= 4 is 71.5 Å². The highest BCUT2D eigenvalue weighted by Crippen LogP contribution is 2.48. The maximum Gasteiger partial charge on any atom is 0.143 e. The quantitative estimate of drug-likeness (QED) is 0.176. The molecule has 0 N–H and O–H groups in total. The van der Waals surface area contributed by atoms with Crippen LogP contribution < -0.4 is 4.90 Å². The number of hydrogen-bond donors (Lipinski definition) is 0. The first-order valence-corrected chi connectivity index (χ1v) is 15.9. The zero-order valence-corrected chi connectivity index (χ0v) is 25.9. The maximum absolute atomic E-state index is 9.16. The van der Waals surface area contributed by atoms with Gasteiger partial charge in [0.1, 0.15) is 22.5 Å². The number of hydrogen-bond acceptors (Lipinski definition) is 3. The molecule has 0 fully saturated rings. The molecule has 0 spiro atoms. The van der Waals surface area contributed by atoms with Crippen LogP contribution in [-0.4, -0.2) is 0 Å². The van der Waals surface area contributed by atoms with Crippen LogP contribution >= 0.6 is 0 Å². The lowest BCUT2D eigenvalue weighted by molar-refractivity contribution is 0.635. The highest BCUT2D eigenvalue weighted by Gasteiger charge is 2.23. The Morgan fingerprint density at radius 3 is 1.65 bits per heavy atom. The lowest BCUT2D eigenvalue weighted by Gasteiger charge is -2.25. The summed E-state index contributed by atoms with van der Waals surface area (Å²) in [4.78, 5) is 2.16. The number of furan rings is 2. The average Bonchev–Trinajstić information content (AvgIpc) is 3.82. The van der Waals surface area contributed by atoms with Gasteiger partial charge in [0, 0.05) is 55.8 Å². The van der Waals surface area contributed by atoms with Crippen molar-refractivity contribution in [1.29, 1.82) is 0 Å². The molecule has 0 aliphatic heterocycles. The summed E-state index contributed by atoms with van der Waals surface area (Å²) in [6.45, 7) is 0. The standard InChI is InChI=1S/C46H29NO2/c1-4-14-30(15-5-1)43-44-39-22-12-10-20-35(39)36-21-11-13-23-40(36)46(44)49-45(43)31-24-26-37-38-27-25-34(29-42(38)48-41(37)28-31)47(32-16-6-2-7-17-32)33-18-8-3-9-19-33/h1-29H/i10D,11D,12D,13D,20D,21D,22D,23D. The van der Waals surface area contributed by atoms with Gasteiger partial charge in [-0.1, -0.05) is 121 Å². The molecule has 0 amide bonds. The first-order valence-electron chi connectivity index (χ1n) is 19.9. The number of nitrogens with zero attached hydrogens (tertiary/aromatic N) is 1. The molecule has 0 saturated heterocycles. The van der Waals surface area contributed by atoms with Crippen molar-refractivity contribution in [1.82, 2.24) is 0 Å². The molecular weight excluding hydrogens is 599 g/mol. The molecule has 3 heteroatoms. The summed E-state index contributed by atoms with van der Waals surface area (Å²) in [5.41, 5.74) is 6.08. The molecule has 2 heterocycles. The third-order valence-corrected chi connectivity index (χ3v) is 9.08. The van der Waals surface area contributed by atoms with E-state index in [1.54, 1.807) is 0 Å². The van der Waals surface area contributed by atoms with E-state index in [1.165, 1.54) is 0 Å². The fourth-order valence-electron chi connectivity index (χ4n) is 6.93. The molecule has 10 rings (SSSR count). The van der Waals surface area contributed by atoms with E-state index in [9.17, 15) is 0 Å². The van der Waals surface area contributed by atoms with Crippen LogP contribution in [0.5, 0.6) is 0 Å². The number of rotatable bonds is 5. The van der Waals surface area contributed by atoms with Gasteiger partial charge >= 0.3 is 0 Å². The van der Waals surface area contributed by atoms with Gasteiger partial charge in [-0.3, -0.25) is 0 Å². The summed E-state index contributed by atoms with van der Waals surface area (Å²) >= 11 is 0. The summed E-state index contributed by atoms with van der Waals surface area (Å²) in [6.07, 6.45) is 0. The molecule has 8 aromatic carbocycles. The van der Waals surface area contributed by atoms with Crippen LogP contribution in [0.25, 0.3) is 76.9 Å².